The number of morpholine rings is 1. The van der Waals surface area contributed by atoms with Crippen molar-refractivity contribution in [2.24, 2.45) is 0 Å². The first-order valence-corrected chi connectivity index (χ1v) is 11.5. The van der Waals surface area contributed by atoms with E-state index in [4.69, 9.17) is 9.47 Å². The Bertz CT molecular complexity index is 831. The van der Waals surface area contributed by atoms with Crippen LogP contribution >= 0.6 is 0 Å². The number of hydrogen-bond donors (Lipinski definition) is 3. The lowest BCUT2D eigenvalue weighted by atomic mass is 10.0. The number of nitrogens with one attached hydrogen (secondary N) is 1. The predicted octanol–water partition coefficient (Wildman–Crippen LogP) is 0.358. The second kappa shape index (κ2) is 10.6. The Balaban J connectivity index is 1.37. The number of halogens is 3. The molecule has 3 fully saturated rings. The minimum absolute atomic E-state index is 0.169. The molecule has 0 saturated carbocycles. The normalized spacial score (nSPS) is 28.9. The monoisotopic (exact) mass is 488 g/mol. The zero-order valence-corrected chi connectivity index (χ0v) is 18.8. The van der Waals surface area contributed by atoms with Crippen molar-refractivity contribution in [2.75, 3.05) is 70.5 Å². The second-order valence-electron chi connectivity index (χ2n) is 8.73. The number of anilines is 1. The van der Waals surface area contributed by atoms with Crippen molar-refractivity contribution in [1.29, 1.82) is 0 Å². The predicted molar refractivity (Wildman–Crippen MR) is 117 cm³/mol. The van der Waals surface area contributed by atoms with Crippen molar-refractivity contribution in [3.8, 4) is 0 Å². The van der Waals surface area contributed by atoms with E-state index in [-0.39, 0.29) is 19.2 Å². The van der Waals surface area contributed by atoms with Crippen molar-refractivity contribution < 1.29 is 37.7 Å². The van der Waals surface area contributed by atoms with E-state index in [1.54, 1.807) is 11.0 Å². The van der Waals surface area contributed by atoms with Gasteiger partial charge in [-0.25, -0.2) is 4.79 Å². The van der Waals surface area contributed by atoms with Gasteiger partial charge in [0.05, 0.1) is 37.5 Å². The zero-order chi connectivity index (χ0) is 24.3. The van der Waals surface area contributed by atoms with Crippen LogP contribution in [-0.2, 0) is 15.7 Å². The average molecular weight is 489 g/mol. The van der Waals surface area contributed by atoms with Gasteiger partial charge in [-0.15, -0.1) is 0 Å². The molecule has 0 radical (unpaired) electrons. The van der Waals surface area contributed by atoms with Crippen molar-refractivity contribution in [1.82, 2.24) is 15.1 Å². The third-order valence-corrected chi connectivity index (χ3v) is 6.67. The first-order valence-electron chi connectivity index (χ1n) is 11.5. The first kappa shape index (κ1) is 25.0. The van der Waals surface area contributed by atoms with E-state index >= 15 is 0 Å². The molecule has 4 atom stereocenters. The molecule has 3 saturated heterocycles. The first-order chi connectivity index (χ1) is 16.3. The quantitative estimate of drug-likeness (QED) is 0.551. The highest BCUT2D eigenvalue weighted by atomic mass is 19.4. The van der Waals surface area contributed by atoms with E-state index in [1.807, 2.05) is 9.80 Å². The van der Waals surface area contributed by atoms with E-state index in [1.165, 1.54) is 6.07 Å². The molecule has 2 amide bonds. The van der Waals surface area contributed by atoms with E-state index in [9.17, 15) is 28.2 Å². The molecule has 0 bridgehead atoms. The Labute approximate surface area is 196 Å². The molecular weight excluding hydrogens is 457 g/mol. The number of carbonyl (C=O) groups excluding carboxylic acids is 1. The average Bonchev–Trinajstić information content (AvgIpc) is 3.17. The van der Waals surface area contributed by atoms with Crippen molar-refractivity contribution in [3.05, 3.63) is 29.8 Å². The summed E-state index contributed by atoms with van der Waals surface area (Å²) in [6.07, 6.45) is -6.65. The Hall–Kier alpha value is -2.12. The number of hydrogen-bond acceptors (Lipinski definition) is 7. The summed E-state index contributed by atoms with van der Waals surface area (Å²) in [6, 6.07) is 4.57. The number of piperazine rings is 1. The minimum Gasteiger partial charge on any atom is -0.394 e. The molecule has 3 aliphatic rings. The highest BCUT2D eigenvalue weighted by Crippen LogP contribution is 2.32. The van der Waals surface area contributed by atoms with Crippen LogP contribution in [0.5, 0.6) is 0 Å². The fourth-order valence-electron chi connectivity index (χ4n) is 4.82. The van der Waals surface area contributed by atoms with Crippen LogP contribution in [0.2, 0.25) is 0 Å². The lowest BCUT2D eigenvalue weighted by Crippen LogP contribution is -2.58. The number of benzene rings is 1. The molecule has 9 nitrogen and oxygen atoms in total. The topological polar surface area (TPSA) is 97.7 Å². The van der Waals surface area contributed by atoms with Gasteiger partial charge in [-0.3, -0.25) is 4.90 Å². The Morgan fingerprint density at radius 2 is 1.79 bits per heavy atom. The van der Waals surface area contributed by atoms with E-state index in [0.29, 0.717) is 58.2 Å². The molecule has 0 spiro atoms. The molecule has 1 aromatic carbocycles. The molecular formula is C22H31F3N4O5. The van der Waals surface area contributed by atoms with Crippen LogP contribution < -0.4 is 10.2 Å². The second-order valence-corrected chi connectivity index (χ2v) is 8.73. The molecule has 34 heavy (non-hydrogen) atoms. The highest BCUT2D eigenvalue weighted by molar-refractivity contribution is 5.74. The Kier molecular flexibility index (Phi) is 7.83. The number of rotatable bonds is 5. The summed E-state index contributed by atoms with van der Waals surface area (Å²) in [5, 5.41) is 23.3. The number of alkyl halides is 3. The van der Waals surface area contributed by atoms with Gasteiger partial charge in [0.2, 0.25) is 0 Å². The molecule has 3 heterocycles. The molecule has 0 aromatic heterocycles. The summed E-state index contributed by atoms with van der Waals surface area (Å²) in [5.74, 6) is 0. The SMILES string of the molecule is O=C(NCC1OC(CO)C(O)C1N1CCN(c2cccc(C(F)(F)F)c2)CC1)N1CCOCC1. The summed E-state index contributed by atoms with van der Waals surface area (Å²) >= 11 is 0. The van der Waals surface area contributed by atoms with Gasteiger partial charge in [-0.1, -0.05) is 6.07 Å². The lowest BCUT2D eigenvalue weighted by Gasteiger charge is -2.41. The van der Waals surface area contributed by atoms with Gasteiger partial charge in [0.25, 0.3) is 0 Å². The van der Waals surface area contributed by atoms with Gasteiger partial charge in [-0.05, 0) is 18.2 Å². The van der Waals surface area contributed by atoms with Gasteiger partial charge in [0.15, 0.2) is 0 Å². The third-order valence-electron chi connectivity index (χ3n) is 6.67. The standard InChI is InChI=1S/C22H31F3N4O5/c23-22(24,25)15-2-1-3-16(12-15)27-4-6-28(7-5-27)19-17(34-18(14-30)20(19)31)13-26-21(32)29-8-10-33-11-9-29/h1-3,12,17-20,30-31H,4-11,13-14H2,(H,26,32). The number of carbonyl (C=O) groups is 1. The minimum atomic E-state index is -4.40. The summed E-state index contributed by atoms with van der Waals surface area (Å²) < 4.78 is 50.3. The summed E-state index contributed by atoms with van der Waals surface area (Å²) in [7, 11) is 0. The maximum absolute atomic E-state index is 13.1. The van der Waals surface area contributed by atoms with Gasteiger partial charge < -0.3 is 34.8 Å². The molecule has 3 N–H and O–H groups in total. The molecule has 4 unspecified atom stereocenters. The molecule has 3 aliphatic heterocycles. The number of aliphatic hydroxyl groups excluding tert-OH is 2. The largest absolute Gasteiger partial charge is 0.416 e. The number of aliphatic hydroxyl groups is 2. The number of ether oxygens (including phenoxy) is 2. The van der Waals surface area contributed by atoms with Gasteiger partial charge in [0, 0.05) is 51.5 Å². The maximum atomic E-state index is 13.1. The van der Waals surface area contributed by atoms with Gasteiger partial charge in [0.1, 0.15) is 12.2 Å². The van der Waals surface area contributed by atoms with Crippen LogP contribution in [0.4, 0.5) is 23.7 Å². The Morgan fingerprint density at radius 3 is 2.44 bits per heavy atom. The van der Waals surface area contributed by atoms with Crippen molar-refractivity contribution in [3.63, 3.8) is 0 Å². The smallest absolute Gasteiger partial charge is 0.394 e. The molecule has 190 valence electrons. The van der Waals surface area contributed by atoms with Gasteiger partial charge in [-0.2, -0.15) is 13.2 Å². The van der Waals surface area contributed by atoms with Crippen molar-refractivity contribution in [2.45, 2.75) is 30.5 Å². The third kappa shape index (κ3) is 5.57. The number of amides is 2. The van der Waals surface area contributed by atoms with Crippen molar-refractivity contribution >= 4 is 11.7 Å². The van der Waals surface area contributed by atoms with Crippen LogP contribution in [0.25, 0.3) is 0 Å². The number of urea groups is 1. The molecule has 4 rings (SSSR count). The molecule has 12 heteroatoms. The van der Waals surface area contributed by atoms with Crippen LogP contribution in [0, 0.1) is 0 Å². The van der Waals surface area contributed by atoms with E-state index in [2.05, 4.69) is 5.32 Å². The van der Waals surface area contributed by atoms with Crippen LogP contribution in [0.1, 0.15) is 5.56 Å². The maximum Gasteiger partial charge on any atom is 0.416 e. The van der Waals surface area contributed by atoms with Crippen LogP contribution in [-0.4, -0.2) is 116 Å². The highest BCUT2D eigenvalue weighted by Gasteiger charge is 2.47. The van der Waals surface area contributed by atoms with E-state index in [0.717, 1.165) is 12.1 Å². The lowest BCUT2D eigenvalue weighted by molar-refractivity contribution is -0.137. The number of nitrogens with zero attached hydrogens (tertiary/aromatic N) is 3. The fourth-order valence-corrected chi connectivity index (χ4v) is 4.82. The van der Waals surface area contributed by atoms with Gasteiger partial charge >= 0.3 is 12.2 Å². The Morgan fingerprint density at radius 1 is 1.09 bits per heavy atom. The molecule has 1 aromatic rings. The summed E-state index contributed by atoms with van der Waals surface area (Å²) in [4.78, 5) is 18.0. The fraction of sp³-hybridized carbons (Fsp3) is 0.682. The van der Waals surface area contributed by atoms with Crippen LogP contribution in [0.3, 0.4) is 0 Å². The van der Waals surface area contributed by atoms with Crippen LogP contribution in [0.15, 0.2) is 24.3 Å². The molecule has 0 aliphatic carbocycles. The zero-order valence-electron chi connectivity index (χ0n) is 18.8. The van der Waals surface area contributed by atoms with E-state index < -0.39 is 36.1 Å². The summed E-state index contributed by atoms with van der Waals surface area (Å²) in [6.45, 7) is 3.72. The summed E-state index contributed by atoms with van der Waals surface area (Å²) in [5.41, 5.74) is -0.186.